The van der Waals surface area contributed by atoms with Crippen LogP contribution in [0.4, 0.5) is 0 Å². The molecule has 1 rings (SSSR count). The molecule has 82 valence electrons. The van der Waals surface area contributed by atoms with Gasteiger partial charge in [0.1, 0.15) is 0 Å². The smallest absolute Gasteiger partial charge is 0.223 e. The third kappa shape index (κ3) is 2.88. The van der Waals surface area contributed by atoms with Gasteiger partial charge in [0.2, 0.25) is 5.91 Å². The largest absolute Gasteiger partial charge is 0.350 e. The minimum atomic E-state index is -0.234. The SMILES string of the molecule is CCC(C)(CCl)NC(=O)C(C)C1CC1. The first-order valence-electron chi connectivity index (χ1n) is 5.40. The molecule has 1 saturated carbocycles. The summed E-state index contributed by atoms with van der Waals surface area (Å²) in [5.41, 5.74) is -0.234. The highest BCUT2D eigenvalue weighted by Crippen LogP contribution is 2.36. The topological polar surface area (TPSA) is 29.1 Å². The van der Waals surface area contributed by atoms with Crippen molar-refractivity contribution in [2.24, 2.45) is 11.8 Å². The Morgan fingerprint density at radius 3 is 2.57 bits per heavy atom. The van der Waals surface area contributed by atoms with E-state index < -0.39 is 0 Å². The van der Waals surface area contributed by atoms with Crippen LogP contribution in [0.25, 0.3) is 0 Å². The van der Waals surface area contributed by atoms with Gasteiger partial charge in [0.25, 0.3) is 0 Å². The zero-order valence-electron chi connectivity index (χ0n) is 9.27. The molecule has 0 radical (unpaired) electrons. The summed E-state index contributed by atoms with van der Waals surface area (Å²) in [5, 5.41) is 3.04. The highest BCUT2D eigenvalue weighted by molar-refractivity contribution is 6.18. The third-order valence-corrected chi connectivity index (χ3v) is 3.83. The molecular formula is C11H20ClNO. The number of alkyl halides is 1. The third-order valence-electron chi connectivity index (χ3n) is 3.24. The second-order valence-corrected chi connectivity index (χ2v) is 4.93. The highest BCUT2D eigenvalue weighted by Gasteiger charge is 2.35. The van der Waals surface area contributed by atoms with Crippen LogP contribution in [0.3, 0.4) is 0 Å². The zero-order chi connectivity index (χ0) is 10.8. The molecule has 1 amide bonds. The monoisotopic (exact) mass is 217 g/mol. The first kappa shape index (κ1) is 11.8. The molecule has 2 atom stereocenters. The number of hydrogen-bond donors (Lipinski definition) is 1. The van der Waals surface area contributed by atoms with Gasteiger partial charge >= 0.3 is 0 Å². The summed E-state index contributed by atoms with van der Waals surface area (Å²) in [6, 6.07) is 0. The van der Waals surface area contributed by atoms with Gasteiger partial charge in [-0.15, -0.1) is 11.6 Å². The standard InChI is InChI=1S/C11H20ClNO/c1-4-11(3,7-12)13-10(14)8(2)9-5-6-9/h8-9H,4-7H2,1-3H3,(H,13,14). The highest BCUT2D eigenvalue weighted by atomic mass is 35.5. The van der Waals surface area contributed by atoms with Crippen molar-refractivity contribution >= 4 is 17.5 Å². The number of hydrogen-bond acceptors (Lipinski definition) is 1. The Bertz CT molecular complexity index is 209. The molecule has 14 heavy (non-hydrogen) atoms. The van der Waals surface area contributed by atoms with Crippen molar-refractivity contribution in [3.8, 4) is 0 Å². The lowest BCUT2D eigenvalue weighted by atomic mass is 9.98. The second kappa shape index (κ2) is 4.52. The molecule has 0 aromatic carbocycles. The Labute approximate surface area is 91.4 Å². The van der Waals surface area contributed by atoms with Crippen molar-refractivity contribution < 1.29 is 4.79 Å². The Morgan fingerprint density at radius 2 is 2.21 bits per heavy atom. The van der Waals surface area contributed by atoms with Crippen molar-refractivity contribution in [1.82, 2.24) is 5.32 Å². The van der Waals surface area contributed by atoms with E-state index in [1.54, 1.807) is 0 Å². The lowest BCUT2D eigenvalue weighted by Gasteiger charge is -2.28. The van der Waals surface area contributed by atoms with E-state index in [1.807, 2.05) is 20.8 Å². The Balaban J connectivity index is 2.45. The fourth-order valence-corrected chi connectivity index (χ4v) is 1.69. The zero-order valence-corrected chi connectivity index (χ0v) is 10.0. The van der Waals surface area contributed by atoms with Gasteiger partial charge in [0, 0.05) is 11.8 Å². The van der Waals surface area contributed by atoms with E-state index in [2.05, 4.69) is 5.32 Å². The van der Waals surface area contributed by atoms with Gasteiger partial charge in [-0.05, 0) is 32.1 Å². The molecule has 0 spiro atoms. The number of rotatable bonds is 5. The Kier molecular flexibility index (Phi) is 3.82. The number of halogens is 1. The molecule has 1 N–H and O–H groups in total. The van der Waals surface area contributed by atoms with Gasteiger partial charge in [-0.25, -0.2) is 0 Å². The van der Waals surface area contributed by atoms with E-state index in [4.69, 9.17) is 11.6 Å². The lowest BCUT2D eigenvalue weighted by Crippen LogP contribution is -2.49. The molecule has 0 bridgehead atoms. The minimum Gasteiger partial charge on any atom is -0.350 e. The van der Waals surface area contributed by atoms with Crippen LogP contribution in [0.2, 0.25) is 0 Å². The van der Waals surface area contributed by atoms with Crippen LogP contribution < -0.4 is 5.32 Å². The predicted molar refractivity (Wildman–Crippen MR) is 59.4 cm³/mol. The van der Waals surface area contributed by atoms with Gasteiger partial charge in [-0.2, -0.15) is 0 Å². The van der Waals surface area contributed by atoms with Crippen LogP contribution in [0.1, 0.15) is 40.0 Å². The Hall–Kier alpha value is -0.240. The summed E-state index contributed by atoms with van der Waals surface area (Å²) in [5.74, 6) is 1.42. The number of nitrogens with one attached hydrogen (secondary N) is 1. The summed E-state index contributed by atoms with van der Waals surface area (Å²) in [6.45, 7) is 6.05. The van der Waals surface area contributed by atoms with Gasteiger partial charge in [0.15, 0.2) is 0 Å². The first-order chi connectivity index (χ1) is 6.52. The van der Waals surface area contributed by atoms with Gasteiger partial charge in [-0.3, -0.25) is 4.79 Å². The van der Waals surface area contributed by atoms with Crippen LogP contribution in [-0.4, -0.2) is 17.3 Å². The van der Waals surface area contributed by atoms with Crippen LogP contribution in [0.15, 0.2) is 0 Å². The summed E-state index contributed by atoms with van der Waals surface area (Å²) in [4.78, 5) is 11.8. The fourth-order valence-electron chi connectivity index (χ4n) is 1.44. The van der Waals surface area contributed by atoms with Crippen LogP contribution in [-0.2, 0) is 4.79 Å². The molecule has 0 heterocycles. The van der Waals surface area contributed by atoms with Crippen molar-refractivity contribution in [3.63, 3.8) is 0 Å². The van der Waals surface area contributed by atoms with Gasteiger partial charge in [-0.1, -0.05) is 13.8 Å². The molecule has 0 aromatic rings. The van der Waals surface area contributed by atoms with Crippen LogP contribution in [0, 0.1) is 11.8 Å². The van der Waals surface area contributed by atoms with Crippen LogP contribution in [0.5, 0.6) is 0 Å². The van der Waals surface area contributed by atoms with Crippen LogP contribution >= 0.6 is 11.6 Å². The average Bonchev–Trinajstić information content (AvgIpc) is 2.99. The van der Waals surface area contributed by atoms with E-state index in [1.165, 1.54) is 12.8 Å². The maximum absolute atomic E-state index is 11.8. The molecule has 0 aromatic heterocycles. The fraction of sp³-hybridized carbons (Fsp3) is 0.909. The molecular weight excluding hydrogens is 198 g/mol. The molecule has 1 aliphatic carbocycles. The molecule has 1 fully saturated rings. The second-order valence-electron chi connectivity index (χ2n) is 4.66. The van der Waals surface area contributed by atoms with Crippen molar-refractivity contribution in [2.45, 2.75) is 45.6 Å². The Morgan fingerprint density at radius 1 is 1.64 bits per heavy atom. The normalized spacial score (nSPS) is 22.6. The van der Waals surface area contributed by atoms with E-state index in [-0.39, 0.29) is 17.4 Å². The molecule has 1 aliphatic rings. The van der Waals surface area contributed by atoms with Gasteiger partial charge < -0.3 is 5.32 Å². The van der Waals surface area contributed by atoms with E-state index in [0.29, 0.717) is 11.8 Å². The lowest BCUT2D eigenvalue weighted by molar-refractivity contribution is -0.126. The number of carbonyl (C=O) groups excluding carboxylic acids is 1. The summed E-state index contributed by atoms with van der Waals surface area (Å²) < 4.78 is 0. The average molecular weight is 218 g/mol. The maximum atomic E-state index is 11.8. The van der Waals surface area contributed by atoms with Crippen molar-refractivity contribution in [3.05, 3.63) is 0 Å². The van der Waals surface area contributed by atoms with E-state index in [9.17, 15) is 4.79 Å². The minimum absolute atomic E-state index is 0.157. The molecule has 2 unspecified atom stereocenters. The van der Waals surface area contributed by atoms with Gasteiger partial charge in [0.05, 0.1) is 5.54 Å². The van der Waals surface area contributed by atoms with E-state index >= 15 is 0 Å². The molecule has 0 aliphatic heterocycles. The summed E-state index contributed by atoms with van der Waals surface area (Å²) in [6.07, 6.45) is 3.29. The molecule has 0 saturated heterocycles. The number of amides is 1. The quantitative estimate of drug-likeness (QED) is 0.705. The molecule has 2 nitrogen and oxygen atoms in total. The van der Waals surface area contributed by atoms with Crippen molar-refractivity contribution in [1.29, 1.82) is 0 Å². The predicted octanol–water partition coefficient (Wildman–Crippen LogP) is 2.56. The number of carbonyl (C=O) groups is 1. The first-order valence-corrected chi connectivity index (χ1v) is 5.94. The molecule has 3 heteroatoms. The maximum Gasteiger partial charge on any atom is 0.223 e. The summed E-state index contributed by atoms with van der Waals surface area (Å²) >= 11 is 5.84. The van der Waals surface area contributed by atoms with Crippen molar-refractivity contribution in [2.75, 3.05) is 5.88 Å². The summed E-state index contributed by atoms with van der Waals surface area (Å²) in [7, 11) is 0. The van der Waals surface area contributed by atoms with E-state index in [0.717, 1.165) is 6.42 Å².